The Morgan fingerprint density at radius 1 is 1.14 bits per heavy atom. The van der Waals surface area contributed by atoms with Crippen molar-refractivity contribution in [2.45, 2.75) is 17.1 Å². The van der Waals surface area contributed by atoms with Gasteiger partial charge in [-0.2, -0.15) is 8.78 Å². The summed E-state index contributed by atoms with van der Waals surface area (Å²) in [6.07, 6.45) is 0.390. The standard InChI is InChI=1S/C21H19F2NO3S2/c1-27-20(26)16(11-13-6-7-14-4-2-3-5-15(14)10-13)12-24-19(25)18-17(8-9-28-18)29-21(22)23/h2-10,16,21H,11-12H2,1H3,(H,24,25). The van der Waals surface area contributed by atoms with Crippen LogP contribution < -0.4 is 5.32 Å². The van der Waals surface area contributed by atoms with E-state index in [9.17, 15) is 18.4 Å². The molecule has 0 aliphatic heterocycles. The van der Waals surface area contributed by atoms with Crippen LogP contribution in [-0.4, -0.2) is 31.3 Å². The number of alkyl halides is 2. The number of halogens is 2. The predicted octanol–water partition coefficient (Wildman–Crippen LogP) is 4.98. The number of amides is 1. The van der Waals surface area contributed by atoms with Crippen molar-refractivity contribution in [2.75, 3.05) is 13.7 Å². The van der Waals surface area contributed by atoms with E-state index in [0.717, 1.165) is 27.7 Å². The molecule has 2 aromatic carbocycles. The second kappa shape index (κ2) is 9.84. The summed E-state index contributed by atoms with van der Waals surface area (Å²) in [7, 11) is 1.30. The number of carbonyl (C=O) groups is 2. The Bertz CT molecular complexity index is 1010. The van der Waals surface area contributed by atoms with E-state index in [2.05, 4.69) is 5.32 Å². The largest absolute Gasteiger partial charge is 0.469 e. The third-order valence-electron chi connectivity index (χ3n) is 4.39. The fourth-order valence-electron chi connectivity index (χ4n) is 3.00. The first-order valence-corrected chi connectivity index (χ1v) is 10.6. The second-order valence-electron chi connectivity index (χ2n) is 6.31. The molecule has 0 bridgehead atoms. The number of ether oxygens (including phenoxy) is 1. The van der Waals surface area contributed by atoms with Crippen LogP contribution in [0, 0.1) is 5.92 Å². The van der Waals surface area contributed by atoms with Crippen molar-refractivity contribution in [3.63, 3.8) is 0 Å². The van der Waals surface area contributed by atoms with Crippen LogP contribution in [0.4, 0.5) is 8.78 Å². The average molecular weight is 436 g/mol. The molecule has 3 aromatic rings. The molecule has 0 radical (unpaired) electrons. The van der Waals surface area contributed by atoms with Gasteiger partial charge >= 0.3 is 5.97 Å². The van der Waals surface area contributed by atoms with Gasteiger partial charge in [0.15, 0.2) is 0 Å². The zero-order valence-corrected chi connectivity index (χ0v) is 17.2. The molecular weight excluding hydrogens is 416 g/mol. The molecule has 0 saturated heterocycles. The third-order valence-corrected chi connectivity index (χ3v) is 6.21. The number of carbonyl (C=O) groups excluding carboxylic acids is 2. The number of methoxy groups -OCH3 is 1. The lowest BCUT2D eigenvalue weighted by molar-refractivity contribution is -0.145. The molecule has 8 heteroatoms. The van der Waals surface area contributed by atoms with Gasteiger partial charge in [0.1, 0.15) is 4.88 Å². The average Bonchev–Trinajstić information content (AvgIpc) is 3.17. The summed E-state index contributed by atoms with van der Waals surface area (Å²) in [5.74, 6) is -4.11. The molecule has 1 heterocycles. The van der Waals surface area contributed by atoms with Gasteiger partial charge in [-0.3, -0.25) is 9.59 Å². The van der Waals surface area contributed by atoms with Crippen LogP contribution in [0.3, 0.4) is 0 Å². The van der Waals surface area contributed by atoms with Gasteiger partial charge in [0, 0.05) is 11.4 Å². The number of thioether (sulfide) groups is 1. The molecule has 3 rings (SSSR count). The molecule has 1 N–H and O–H groups in total. The fraction of sp³-hybridized carbons (Fsp3) is 0.238. The second-order valence-corrected chi connectivity index (χ2v) is 8.26. The van der Waals surface area contributed by atoms with Crippen molar-refractivity contribution in [1.29, 1.82) is 0 Å². The van der Waals surface area contributed by atoms with Crippen LogP contribution in [0.25, 0.3) is 10.8 Å². The van der Waals surface area contributed by atoms with Gasteiger partial charge in [0.05, 0.1) is 13.0 Å². The summed E-state index contributed by atoms with van der Waals surface area (Å²) in [5.41, 5.74) is 0.943. The van der Waals surface area contributed by atoms with Gasteiger partial charge in [0.25, 0.3) is 11.7 Å². The Kier molecular flexibility index (Phi) is 7.22. The fourth-order valence-corrected chi connectivity index (χ4v) is 4.62. The van der Waals surface area contributed by atoms with Crippen LogP contribution >= 0.6 is 23.1 Å². The zero-order valence-electron chi connectivity index (χ0n) is 15.6. The van der Waals surface area contributed by atoms with Gasteiger partial charge in [0.2, 0.25) is 0 Å². The highest BCUT2D eigenvalue weighted by Gasteiger charge is 2.23. The summed E-state index contributed by atoms with van der Waals surface area (Å²) in [6, 6.07) is 15.3. The van der Waals surface area contributed by atoms with Crippen molar-refractivity contribution in [3.05, 3.63) is 64.4 Å². The van der Waals surface area contributed by atoms with Gasteiger partial charge in [-0.1, -0.05) is 54.2 Å². The number of fused-ring (bicyclic) bond motifs is 1. The molecule has 1 unspecified atom stereocenters. The molecule has 0 spiro atoms. The summed E-state index contributed by atoms with van der Waals surface area (Å²) >= 11 is 1.42. The van der Waals surface area contributed by atoms with Crippen LogP contribution in [0.5, 0.6) is 0 Å². The van der Waals surface area contributed by atoms with Gasteiger partial charge in [-0.05, 0) is 34.2 Å². The van der Waals surface area contributed by atoms with E-state index in [4.69, 9.17) is 4.74 Å². The van der Waals surface area contributed by atoms with E-state index in [1.165, 1.54) is 13.2 Å². The first-order valence-electron chi connectivity index (χ1n) is 8.84. The highest BCUT2D eigenvalue weighted by atomic mass is 32.2. The molecular formula is C21H19F2NO3S2. The van der Waals surface area contributed by atoms with Crippen molar-refractivity contribution in [3.8, 4) is 0 Å². The van der Waals surface area contributed by atoms with Crippen LogP contribution in [-0.2, 0) is 16.0 Å². The summed E-state index contributed by atoms with van der Waals surface area (Å²) in [5, 5.41) is 6.43. The topological polar surface area (TPSA) is 55.4 Å². The lowest BCUT2D eigenvalue weighted by Crippen LogP contribution is -2.34. The number of benzene rings is 2. The number of thiophene rings is 1. The lowest BCUT2D eigenvalue weighted by atomic mass is 9.97. The van der Waals surface area contributed by atoms with Crippen LogP contribution in [0.2, 0.25) is 0 Å². The summed E-state index contributed by atoms with van der Waals surface area (Å²) < 4.78 is 30.2. The first kappa shape index (κ1) is 21.3. The highest BCUT2D eigenvalue weighted by Crippen LogP contribution is 2.32. The number of esters is 1. The molecule has 0 aliphatic carbocycles. The minimum Gasteiger partial charge on any atom is -0.469 e. The molecule has 152 valence electrons. The predicted molar refractivity (Wildman–Crippen MR) is 112 cm³/mol. The van der Waals surface area contributed by atoms with E-state index < -0.39 is 23.6 Å². The maximum absolute atomic E-state index is 12.6. The molecule has 1 atom stereocenters. The quantitative estimate of drug-likeness (QED) is 0.401. The smallest absolute Gasteiger partial charge is 0.310 e. The first-order chi connectivity index (χ1) is 14.0. The van der Waals surface area contributed by atoms with Crippen molar-refractivity contribution >= 4 is 45.7 Å². The number of hydrogen-bond acceptors (Lipinski definition) is 5. The lowest BCUT2D eigenvalue weighted by Gasteiger charge is -2.16. The van der Waals surface area contributed by atoms with E-state index in [-0.39, 0.29) is 16.3 Å². The molecule has 0 fully saturated rings. The Morgan fingerprint density at radius 2 is 1.90 bits per heavy atom. The monoisotopic (exact) mass is 435 g/mol. The zero-order chi connectivity index (χ0) is 20.8. The van der Waals surface area contributed by atoms with Crippen molar-refractivity contribution in [1.82, 2.24) is 5.32 Å². The van der Waals surface area contributed by atoms with E-state index in [0.29, 0.717) is 18.2 Å². The van der Waals surface area contributed by atoms with Gasteiger partial charge in [-0.25, -0.2) is 0 Å². The SMILES string of the molecule is COC(=O)C(CNC(=O)c1sccc1SC(F)F)Cc1ccc2ccccc2c1. The number of rotatable bonds is 8. The Labute approximate surface area is 175 Å². The van der Waals surface area contributed by atoms with E-state index in [1.54, 1.807) is 5.38 Å². The molecule has 0 saturated carbocycles. The summed E-state index contributed by atoms with van der Waals surface area (Å²) in [4.78, 5) is 25.1. The Hall–Kier alpha value is -2.45. The van der Waals surface area contributed by atoms with Crippen LogP contribution in [0.1, 0.15) is 15.2 Å². The molecule has 4 nitrogen and oxygen atoms in total. The molecule has 0 aliphatic rings. The maximum Gasteiger partial charge on any atom is 0.310 e. The van der Waals surface area contributed by atoms with E-state index >= 15 is 0 Å². The van der Waals surface area contributed by atoms with Crippen LogP contribution in [0.15, 0.2) is 58.8 Å². The maximum atomic E-state index is 12.6. The number of hydrogen-bond donors (Lipinski definition) is 1. The molecule has 1 amide bonds. The molecule has 29 heavy (non-hydrogen) atoms. The highest BCUT2D eigenvalue weighted by molar-refractivity contribution is 7.99. The van der Waals surface area contributed by atoms with Crippen molar-refractivity contribution in [2.24, 2.45) is 5.92 Å². The van der Waals surface area contributed by atoms with Gasteiger partial charge < -0.3 is 10.1 Å². The Balaban J connectivity index is 1.70. The minimum absolute atomic E-state index is 0.0506. The third kappa shape index (κ3) is 5.55. The van der Waals surface area contributed by atoms with E-state index in [1.807, 2.05) is 42.5 Å². The normalized spacial score (nSPS) is 12.1. The summed E-state index contributed by atoms with van der Waals surface area (Å²) in [6.45, 7) is 0.0506. The minimum atomic E-state index is -2.60. The number of nitrogens with one attached hydrogen (secondary N) is 1. The Morgan fingerprint density at radius 3 is 2.62 bits per heavy atom. The van der Waals surface area contributed by atoms with Crippen molar-refractivity contribution < 1.29 is 23.1 Å². The molecule has 1 aromatic heterocycles. The van der Waals surface area contributed by atoms with Gasteiger partial charge in [-0.15, -0.1) is 11.3 Å².